The van der Waals surface area contributed by atoms with Gasteiger partial charge in [0.05, 0.1) is 63.7 Å². The van der Waals surface area contributed by atoms with Gasteiger partial charge >= 0.3 is 23.9 Å². The number of aliphatic carboxylic acids is 4. The van der Waals surface area contributed by atoms with Crippen LogP contribution in [-0.4, -0.2) is 128 Å². The van der Waals surface area contributed by atoms with Crippen LogP contribution in [0.3, 0.4) is 0 Å². The van der Waals surface area contributed by atoms with Crippen molar-refractivity contribution in [3.8, 4) is 0 Å². The molecule has 0 rings (SSSR count). The van der Waals surface area contributed by atoms with E-state index >= 15 is 0 Å². The number of hydrogen-bond acceptors (Lipinski definition) is 11. The maximum Gasteiger partial charge on any atom is 0.328 e. The van der Waals surface area contributed by atoms with Crippen molar-refractivity contribution >= 4 is 23.9 Å². The van der Waals surface area contributed by atoms with Crippen molar-refractivity contribution in [3.63, 3.8) is 0 Å². The largest absolute Gasteiger partial charge is 0.478 e. The summed E-state index contributed by atoms with van der Waals surface area (Å²) in [7, 11) is 0. The predicted octanol–water partition coefficient (Wildman–Crippen LogP) is -3.65. The number of carboxylic acids is 4. The van der Waals surface area contributed by atoms with Gasteiger partial charge in [-0.1, -0.05) is 0 Å². The van der Waals surface area contributed by atoms with E-state index < -0.39 is 74.3 Å². The first kappa shape index (κ1) is 34.7. The van der Waals surface area contributed by atoms with Crippen LogP contribution in [0.25, 0.3) is 0 Å². The zero-order chi connectivity index (χ0) is 26.5. The maximum atomic E-state index is 9.55. The summed E-state index contributed by atoms with van der Waals surface area (Å²) >= 11 is 0. The summed E-state index contributed by atoms with van der Waals surface area (Å²) in [6.45, 7) is -3.01. The van der Waals surface area contributed by atoms with Crippen LogP contribution < -0.4 is 0 Å². The molecular formula is C18H30O15. The molecule has 0 aromatic carbocycles. The Morgan fingerprint density at radius 1 is 0.485 bits per heavy atom. The van der Waals surface area contributed by atoms with Crippen LogP contribution >= 0.6 is 0 Å². The molecule has 0 aromatic heterocycles. The molecular weight excluding hydrogens is 456 g/mol. The van der Waals surface area contributed by atoms with Gasteiger partial charge in [0, 0.05) is 24.3 Å². The number of hydrogen-bond donors (Lipinski definition) is 10. The minimum absolute atomic E-state index is 0.141. The number of ether oxygens (including phenoxy) is 1. The number of aliphatic hydroxyl groups is 6. The van der Waals surface area contributed by atoms with Gasteiger partial charge in [-0.25, -0.2) is 19.2 Å². The molecule has 0 saturated heterocycles. The van der Waals surface area contributed by atoms with Crippen LogP contribution in [0.4, 0.5) is 0 Å². The summed E-state index contributed by atoms with van der Waals surface area (Å²) < 4.78 is 5.15. The highest BCUT2D eigenvalue weighted by Gasteiger charge is 2.32. The van der Waals surface area contributed by atoms with Crippen molar-refractivity contribution in [1.29, 1.82) is 0 Å². The van der Waals surface area contributed by atoms with E-state index in [9.17, 15) is 19.2 Å². The molecule has 0 saturated carbocycles. The molecule has 0 aromatic rings. The molecule has 0 spiro atoms. The molecule has 0 amide bonds. The highest BCUT2D eigenvalue weighted by Crippen LogP contribution is 2.19. The van der Waals surface area contributed by atoms with E-state index in [1.165, 1.54) is 0 Å². The van der Waals surface area contributed by atoms with Gasteiger partial charge in [-0.2, -0.15) is 0 Å². The minimum atomic E-state index is -1.26. The van der Waals surface area contributed by atoms with Gasteiger partial charge in [0.25, 0.3) is 0 Å². The van der Waals surface area contributed by atoms with Gasteiger partial charge in [0.15, 0.2) is 0 Å². The lowest BCUT2D eigenvalue weighted by Crippen LogP contribution is -2.43. The first-order chi connectivity index (χ1) is 15.3. The van der Waals surface area contributed by atoms with E-state index in [1.54, 1.807) is 0 Å². The number of carboxylic acid groups (broad SMARTS) is 4. The summed E-state index contributed by atoms with van der Waals surface area (Å²) in [5, 5.41) is 85.4. The van der Waals surface area contributed by atoms with Crippen molar-refractivity contribution in [1.82, 2.24) is 0 Å². The summed E-state index contributed by atoms with van der Waals surface area (Å²) in [4.78, 5) is 38.2. The van der Waals surface area contributed by atoms with Crippen molar-refractivity contribution in [2.75, 3.05) is 52.9 Å². The lowest BCUT2D eigenvalue weighted by Gasteiger charge is -2.31. The fraction of sp³-hybridized carbons (Fsp3) is 0.556. The molecule has 0 atom stereocenters. The second-order valence-electron chi connectivity index (χ2n) is 6.46. The average molecular weight is 486 g/mol. The third-order valence-corrected chi connectivity index (χ3v) is 3.57. The van der Waals surface area contributed by atoms with Crippen LogP contribution in [0.5, 0.6) is 0 Å². The van der Waals surface area contributed by atoms with E-state index in [2.05, 4.69) is 0 Å². The molecule has 0 aliphatic rings. The Bertz CT molecular complexity index is 530. The Morgan fingerprint density at radius 2 is 0.667 bits per heavy atom. The topological polar surface area (TPSA) is 280 Å². The third kappa shape index (κ3) is 19.5. The zero-order valence-corrected chi connectivity index (χ0v) is 17.5. The molecule has 0 heterocycles. The third-order valence-electron chi connectivity index (χ3n) is 3.57. The van der Waals surface area contributed by atoms with Gasteiger partial charge in [-0.15, -0.1) is 0 Å². The van der Waals surface area contributed by atoms with Gasteiger partial charge in [-0.05, 0) is 0 Å². The SMILES string of the molecule is O=C(O)/C=C\C(=O)O.O=C(O)/C=C\C(=O)O.OCC(CO)(CO)COCC(CO)(CO)CO. The Kier molecular flexibility index (Phi) is 20.8. The van der Waals surface area contributed by atoms with Crippen LogP contribution in [0, 0.1) is 10.8 Å². The van der Waals surface area contributed by atoms with Crippen LogP contribution in [0.15, 0.2) is 24.3 Å². The Labute approximate surface area is 187 Å². The molecule has 0 radical (unpaired) electrons. The molecule has 0 aliphatic carbocycles. The Morgan fingerprint density at radius 3 is 0.788 bits per heavy atom. The molecule has 0 aliphatic heterocycles. The van der Waals surface area contributed by atoms with Gasteiger partial charge in [0.1, 0.15) is 0 Å². The summed E-state index contributed by atoms with van der Waals surface area (Å²) in [5.41, 5.74) is -2.32. The zero-order valence-electron chi connectivity index (χ0n) is 17.5. The molecule has 10 N–H and O–H groups in total. The number of carbonyl (C=O) groups is 4. The lowest BCUT2D eigenvalue weighted by molar-refractivity contribution is -0.134. The van der Waals surface area contributed by atoms with Crippen LogP contribution in [0.1, 0.15) is 0 Å². The maximum absolute atomic E-state index is 9.55. The van der Waals surface area contributed by atoms with Crippen molar-refractivity contribution in [2.24, 2.45) is 10.8 Å². The van der Waals surface area contributed by atoms with E-state index in [4.69, 9.17) is 55.8 Å². The fourth-order valence-corrected chi connectivity index (χ4v) is 1.34. The second kappa shape index (κ2) is 19.7. The lowest BCUT2D eigenvalue weighted by atomic mass is 9.91. The molecule has 0 fully saturated rings. The molecule has 15 nitrogen and oxygen atoms in total. The average Bonchev–Trinajstić information content (AvgIpc) is 2.78. The van der Waals surface area contributed by atoms with Gasteiger partial charge < -0.3 is 55.8 Å². The number of rotatable bonds is 14. The molecule has 0 unspecified atom stereocenters. The Hall–Kier alpha value is -2.92. The highest BCUT2D eigenvalue weighted by molar-refractivity contribution is 5.90. The predicted molar refractivity (Wildman–Crippen MR) is 107 cm³/mol. The van der Waals surface area contributed by atoms with E-state index in [-0.39, 0.29) is 13.2 Å². The van der Waals surface area contributed by atoms with Gasteiger partial charge in [0.2, 0.25) is 0 Å². The second-order valence-corrected chi connectivity index (χ2v) is 6.46. The van der Waals surface area contributed by atoms with Crippen LogP contribution in [-0.2, 0) is 23.9 Å². The summed E-state index contributed by atoms with van der Waals surface area (Å²) in [6.07, 6.45) is 2.23. The first-order valence-corrected chi connectivity index (χ1v) is 8.84. The van der Waals surface area contributed by atoms with E-state index in [1.807, 2.05) is 0 Å². The van der Waals surface area contributed by atoms with Crippen molar-refractivity contribution in [2.45, 2.75) is 0 Å². The van der Waals surface area contributed by atoms with Crippen LogP contribution in [0.2, 0.25) is 0 Å². The first-order valence-electron chi connectivity index (χ1n) is 8.84. The smallest absolute Gasteiger partial charge is 0.328 e. The normalized spacial score (nSPS) is 11.3. The monoisotopic (exact) mass is 486 g/mol. The van der Waals surface area contributed by atoms with Crippen molar-refractivity contribution < 1.29 is 75.0 Å². The molecule has 15 heteroatoms. The summed E-state index contributed by atoms with van der Waals surface area (Å²) in [6, 6.07) is 0. The summed E-state index contributed by atoms with van der Waals surface area (Å²) in [5.74, 6) is -5.03. The highest BCUT2D eigenvalue weighted by atomic mass is 16.5. The van der Waals surface area contributed by atoms with Crippen molar-refractivity contribution in [3.05, 3.63) is 24.3 Å². The van der Waals surface area contributed by atoms with Gasteiger partial charge in [-0.3, -0.25) is 0 Å². The molecule has 192 valence electrons. The standard InChI is InChI=1S/C10H22O7.2C4H4O4/c11-1-9(2-12,3-13)7-17-8-10(4-14,5-15)6-16;2*5-3(6)1-2-4(7)8/h11-16H,1-8H2;2*1-2H,(H,5,6)(H,7,8)/b;2*2-1-. The molecule has 0 bridgehead atoms. The number of aliphatic hydroxyl groups excluding tert-OH is 6. The Balaban J connectivity index is -0.000000468. The fourth-order valence-electron chi connectivity index (χ4n) is 1.34. The van der Waals surface area contributed by atoms with E-state index in [0.29, 0.717) is 24.3 Å². The minimum Gasteiger partial charge on any atom is -0.478 e. The molecule has 33 heavy (non-hydrogen) atoms. The van der Waals surface area contributed by atoms with E-state index in [0.717, 1.165) is 0 Å². The quantitative estimate of drug-likeness (QED) is 0.106.